The second-order valence-electron chi connectivity index (χ2n) is 5.70. The first kappa shape index (κ1) is 18.1. The first-order valence-corrected chi connectivity index (χ1v) is 7.30. The van der Waals surface area contributed by atoms with Crippen LogP contribution in [-0.4, -0.2) is 43.8 Å². The van der Waals surface area contributed by atoms with Crippen LogP contribution in [0, 0.1) is 5.41 Å². The third-order valence-electron chi connectivity index (χ3n) is 3.92. The molecular weight excluding hydrogens is 240 g/mol. The minimum absolute atomic E-state index is 0.0123. The number of ketones is 1. The summed E-state index contributed by atoms with van der Waals surface area (Å²) in [4.78, 5) is 25.8. The second kappa shape index (κ2) is 9.08. The SMILES string of the molecule is CCC(C)(CC)C(=O)CCC(=O)NCCCN(C)C. The van der Waals surface area contributed by atoms with Gasteiger partial charge in [-0.15, -0.1) is 0 Å². The Labute approximate surface area is 117 Å². The molecule has 1 N–H and O–H groups in total. The van der Waals surface area contributed by atoms with Crippen molar-refractivity contribution in [3.63, 3.8) is 0 Å². The molecule has 0 aliphatic carbocycles. The Hall–Kier alpha value is -0.900. The van der Waals surface area contributed by atoms with Crippen molar-refractivity contribution in [1.82, 2.24) is 10.2 Å². The van der Waals surface area contributed by atoms with E-state index in [2.05, 4.69) is 10.2 Å². The zero-order valence-corrected chi connectivity index (χ0v) is 13.2. The molecule has 0 fully saturated rings. The van der Waals surface area contributed by atoms with Gasteiger partial charge in [-0.05, 0) is 39.9 Å². The Bertz CT molecular complexity index is 284. The smallest absolute Gasteiger partial charge is 0.220 e. The van der Waals surface area contributed by atoms with E-state index < -0.39 is 0 Å². The molecule has 4 nitrogen and oxygen atoms in total. The average Bonchev–Trinajstić information content (AvgIpc) is 2.39. The van der Waals surface area contributed by atoms with Crippen molar-refractivity contribution >= 4 is 11.7 Å². The molecule has 0 heterocycles. The highest BCUT2D eigenvalue weighted by atomic mass is 16.2. The van der Waals surface area contributed by atoms with Gasteiger partial charge >= 0.3 is 0 Å². The predicted molar refractivity (Wildman–Crippen MR) is 79.1 cm³/mol. The van der Waals surface area contributed by atoms with Crippen LogP contribution < -0.4 is 5.32 Å². The summed E-state index contributed by atoms with van der Waals surface area (Å²) in [6, 6.07) is 0. The van der Waals surface area contributed by atoms with Crippen molar-refractivity contribution in [3.8, 4) is 0 Å². The van der Waals surface area contributed by atoms with Gasteiger partial charge in [0.25, 0.3) is 0 Å². The number of Topliss-reactive ketones (excluding diaryl/α,β-unsaturated/α-hetero) is 1. The van der Waals surface area contributed by atoms with E-state index in [1.807, 2.05) is 34.9 Å². The molecular formula is C15H30N2O2. The molecule has 0 saturated heterocycles. The topological polar surface area (TPSA) is 49.4 Å². The summed E-state index contributed by atoms with van der Waals surface area (Å²) < 4.78 is 0. The van der Waals surface area contributed by atoms with Gasteiger partial charge in [-0.25, -0.2) is 0 Å². The summed E-state index contributed by atoms with van der Waals surface area (Å²) in [5.41, 5.74) is -0.259. The van der Waals surface area contributed by atoms with Gasteiger partial charge in [0.2, 0.25) is 5.91 Å². The van der Waals surface area contributed by atoms with E-state index in [1.54, 1.807) is 0 Å². The van der Waals surface area contributed by atoms with Gasteiger partial charge in [0.05, 0.1) is 0 Å². The molecule has 0 aromatic heterocycles. The third kappa shape index (κ3) is 7.31. The number of rotatable bonds is 10. The first-order chi connectivity index (χ1) is 8.85. The highest BCUT2D eigenvalue weighted by Crippen LogP contribution is 2.28. The highest BCUT2D eigenvalue weighted by molar-refractivity contribution is 5.88. The van der Waals surface area contributed by atoms with Crippen LogP contribution in [0.3, 0.4) is 0 Å². The molecule has 19 heavy (non-hydrogen) atoms. The van der Waals surface area contributed by atoms with Crippen molar-refractivity contribution in [1.29, 1.82) is 0 Å². The van der Waals surface area contributed by atoms with E-state index in [0.717, 1.165) is 25.8 Å². The van der Waals surface area contributed by atoms with Crippen LogP contribution in [0.15, 0.2) is 0 Å². The molecule has 0 radical (unpaired) electrons. The van der Waals surface area contributed by atoms with Gasteiger partial charge in [-0.1, -0.05) is 20.8 Å². The lowest BCUT2D eigenvalue weighted by molar-refractivity contribution is -0.131. The lowest BCUT2D eigenvalue weighted by Gasteiger charge is -2.24. The number of hydrogen-bond donors (Lipinski definition) is 1. The molecule has 0 atom stereocenters. The molecule has 1 amide bonds. The monoisotopic (exact) mass is 270 g/mol. The van der Waals surface area contributed by atoms with Gasteiger partial charge in [0.1, 0.15) is 5.78 Å². The van der Waals surface area contributed by atoms with Gasteiger partial charge in [0, 0.05) is 24.8 Å². The molecule has 0 spiro atoms. The normalized spacial score (nSPS) is 11.7. The quantitative estimate of drug-likeness (QED) is 0.619. The van der Waals surface area contributed by atoms with E-state index >= 15 is 0 Å². The number of nitrogens with one attached hydrogen (secondary N) is 1. The maximum Gasteiger partial charge on any atom is 0.220 e. The summed E-state index contributed by atoms with van der Waals surface area (Å²) >= 11 is 0. The van der Waals surface area contributed by atoms with Crippen LogP contribution in [0.5, 0.6) is 0 Å². The maximum atomic E-state index is 12.1. The van der Waals surface area contributed by atoms with Crippen molar-refractivity contribution in [2.45, 2.75) is 52.9 Å². The van der Waals surface area contributed by atoms with Crippen LogP contribution >= 0.6 is 0 Å². The Morgan fingerprint density at radius 2 is 1.68 bits per heavy atom. The second-order valence-corrected chi connectivity index (χ2v) is 5.70. The van der Waals surface area contributed by atoms with Crippen molar-refractivity contribution < 1.29 is 9.59 Å². The molecule has 0 aliphatic heterocycles. The number of amides is 1. The van der Waals surface area contributed by atoms with Crippen LogP contribution in [0.1, 0.15) is 52.9 Å². The van der Waals surface area contributed by atoms with E-state index in [4.69, 9.17) is 0 Å². The molecule has 112 valence electrons. The molecule has 4 heteroatoms. The van der Waals surface area contributed by atoms with Gasteiger partial charge < -0.3 is 10.2 Å². The zero-order valence-electron chi connectivity index (χ0n) is 13.2. The van der Waals surface area contributed by atoms with Crippen molar-refractivity contribution in [2.75, 3.05) is 27.2 Å². The molecule has 0 aromatic rings. The lowest BCUT2D eigenvalue weighted by atomic mass is 9.79. The van der Waals surface area contributed by atoms with Crippen LogP contribution in [-0.2, 0) is 9.59 Å². The molecule has 0 unspecified atom stereocenters. The number of carbonyl (C=O) groups is 2. The van der Waals surface area contributed by atoms with E-state index in [-0.39, 0.29) is 17.1 Å². The zero-order chi connectivity index (χ0) is 14.9. The Morgan fingerprint density at radius 1 is 1.11 bits per heavy atom. The average molecular weight is 270 g/mol. The van der Waals surface area contributed by atoms with Crippen molar-refractivity contribution in [2.24, 2.45) is 5.41 Å². The highest BCUT2D eigenvalue weighted by Gasteiger charge is 2.28. The maximum absolute atomic E-state index is 12.1. The van der Waals surface area contributed by atoms with Gasteiger partial charge in [-0.2, -0.15) is 0 Å². The molecule has 0 saturated carbocycles. The summed E-state index contributed by atoms with van der Waals surface area (Å²) in [5, 5.41) is 2.86. The lowest BCUT2D eigenvalue weighted by Crippen LogP contribution is -2.30. The number of carbonyl (C=O) groups excluding carboxylic acids is 2. The fourth-order valence-electron chi connectivity index (χ4n) is 1.88. The van der Waals surface area contributed by atoms with Crippen molar-refractivity contribution in [3.05, 3.63) is 0 Å². The summed E-state index contributed by atoms with van der Waals surface area (Å²) in [5.74, 6) is 0.197. The Kier molecular flexibility index (Phi) is 8.65. The predicted octanol–water partition coefficient (Wildman–Crippen LogP) is 2.23. The summed E-state index contributed by atoms with van der Waals surface area (Å²) in [6.45, 7) is 7.70. The molecule has 0 bridgehead atoms. The molecule has 0 aliphatic rings. The number of hydrogen-bond acceptors (Lipinski definition) is 3. The van der Waals surface area contributed by atoms with Crippen LogP contribution in [0.4, 0.5) is 0 Å². The minimum atomic E-state index is -0.259. The van der Waals surface area contributed by atoms with Crippen LogP contribution in [0.2, 0.25) is 0 Å². The largest absolute Gasteiger partial charge is 0.356 e. The fourth-order valence-corrected chi connectivity index (χ4v) is 1.88. The number of nitrogens with zero attached hydrogens (tertiary/aromatic N) is 1. The van der Waals surface area contributed by atoms with Gasteiger partial charge in [-0.3, -0.25) is 9.59 Å². The summed E-state index contributed by atoms with van der Waals surface area (Å²) in [7, 11) is 4.02. The first-order valence-electron chi connectivity index (χ1n) is 7.30. The standard InChI is InChI=1S/C15H30N2O2/c1-6-15(3,7-2)13(18)9-10-14(19)16-11-8-12-17(4)5/h6-12H2,1-5H3,(H,16,19). The molecule has 0 rings (SSSR count). The Morgan fingerprint density at radius 3 is 2.16 bits per heavy atom. The van der Waals surface area contributed by atoms with E-state index in [1.165, 1.54) is 0 Å². The van der Waals surface area contributed by atoms with Gasteiger partial charge in [0.15, 0.2) is 0 Å². The van der Waals surface area contributed by atoms with Crippen LogP contribution in [0.25, 0.3) is 0 Å². The third-order valence-corrected chi connectivity index (χ3v) is 3.92. The van der Waals surface area contributed by atoms with E-state index in [0.29, 0.717) is 19.4 Å². The van der Waals surface area contributed by atoms with E-state index in [9.17, 15) is 9.59 Å². The summed E-state index contributed by atoms with van der Waals surface area (Å²) in [6.07, 6.45) is 3.29. The minimum Gasteiger partial charge on any atom is -0.356 e. The molecule has 0 aromatic carbocycles. The fraction of sp³-hybridized carbons (Fsp3) is 0.867. The Balaban J connectivity index is 3.87.